The second kappa shape index (κ2) is 3.69. The first kappa shape index (κ1) is 11.8. The highest BCUT2D eigenvalue weighted by atomic mass is 16.8. The van der Waals surface area contributed by atoms with Crippen LogP contribution < -0.4 is 0 Å². The molecule has 0 amide bonds. The van der Waals surface area contributed by atoms with Crippen LogP contribution in [0.2, 0.25) is 0 Å². The van der Waals surface area contributed by atoms with Crippen molar-refractivity contribution in [3.8, 4) is 12.3 Å². The van der Waals surface area contributed by atoms with Gasteiger partial charge in [-0.1, -0.05) is 0 Å². The van der Waals surface area contributed by atoms with Gasteiger partial charge in [0.25, 0.3) is 0 Å². The monoisotopic (exact) mass is 228 g/mol. The van der Waals surface area contributed by atoms with Crippen molar-refractivity contribution in [2.45, 2.75) is 50.2 Å². The second-order valence-corrected chi connectivity index (χ2v) is 4.64. The van der Waals surface area contributed by atoms with Crippen LogP contribution in [0.1, 0.15) is 20.3 Å². The third-order valence-electron chi connectivity index (χ3n) is 2.96. The Labute approximate surface area is 94.3 Å². The van der Waals surface area contributed by atoms with Gasteiger partial charge < -0.3 is 24.4 Å². The van der Waals surface area contributed by atoms with Gasteiger partial charge in [0, 0.05) is 6.42 Å². The summed E-state index contributed by atoms with van der Waals surface area (Å²) >= 11 is 0. The molecule has 0 radical (unpaired) electrons. The van der Waals surface area contributed by atoms with E-state index in [0.29, 0.717) is 0 Å². The molecule has 0 spiro atoms. The standard InChI is InChI=1S/C11H16O5/c1-4-5-11(6-12)8(13)7-9(16-11)15-10(2,3)14-7/h1,7-9,12-13H,5-6H2,2-3H3/t7-,8+,9+,11-/m1/s1. The van der Waals surface area contributed by atoms with Crippen molar-refractivity contribution >= 4 is 0 Å². The molecular weight excluding hydrogens is 212 g/mol. The van der Waals surface area contributed by atoms with E-state index in [-0.39, 0.29) is 13.0 Å². The Hall–Kier alpha value is -0.640. The molecule has 0 aromatic heterocycles. The molecule has 2 aliphatic heterocycles. The number of ether oxygens (including phenoxy) is 3. The van der Waals surface area contributed by atoms with Gasteiger partial charge in [-0.2, -0.15) is 0 Å². The minimum absolute atomic E-state index is 0.116. The van der Waals surface area contributed by atoms with Crippen molar-refractivity contribution in [1.29, 1.82) is 0 Å². The van der Waals surface area contributed by atoms with Crippen LogP contribution in [0.5, 0.6) is 0 Å². The lowest BCUT2D eigenvalue weighted by molar-refractivity contribution is -0.244. The van der Waals surface area contributed by atoms with Crippen LogP contribution >= 0.6 is 0 Å². The maximum atomic E-state index is 10.1. The number of fused-ring (bicyclic) bond motifs is 1. The summed E-state index contributed by atoms with van der Waals surface area (Å²) in [4.78, 5) is 0. The highest BCUT2D eigenvalue weighted by Gasteiger charge is 2.60. The van der Waals surface area contributed by atoms with Crippen molar-refractivity contribution in [2.24, 2.45) is 0 Å². The molecule has 0 aliphatic carbocycles. The van der Waals surface area contributed by atoms with Crippen LogP contribution in [0.3, 0.4) is 0 Å². The minimum Gasteiger partial charge on any atom is -0.393 e. The molecule has 2 N–H and O–H groups in total. The van der Waals surface area contributed by atoms with Crippen molar-refractivity contribution in [2.75, 3.05) is 6.61 Å². The highest BCUT2D eigenvalue weighted by Crippen LogP contribution is 2.43. The third-order valence-corrected chi connectivity index (χ3v) is 2.96. The number of aliphatic hydroxyl groups excluding tert-OH is 2. The summed E-state index contributed by atoms with van der Waals surface area (Å²) in [7, 11) is 0. The predicted octanol–water partition coefficient (Wildman–Crippen LogP) is -0.391. The Kier molecular flexibility index (Phi) is 2.73. The number of rotatable bonds is 2. The van der Waals surface area contributed by atoms with Crippen LogP contribution in [0.15, 0.2) is 0 Å². The van der Waals surface area contributed by atoms with Gasteiger partial charge in [-0.15, -0.1) is 12.3 Å². The topological polar surface area (TPSA) is 68.2 Å². The van der Waals surface area contributed by atoms with E-state index >= 15 is 0 Å². The lowest BCUT2D eigenvalue weighted by Crippen LogP contribution is -2.47. The predicted molar refractivity (Wildman–Crippen MR) is 54.2 cm³/mol. The second-order valence-electron chi connectivity index (χ2n) is 4.64. The average Bonchev–Trinajstić information content (AvgIpc) is 2.62. The molecule has 0 saturated carbocycles. The van der Waals surface area contributed by atoms with Gasteiger partial charge >= 0.3 is 0 Å². The van der Waals surface area contributed by atoms with Gasteiger partial charge in [-0.05, 0) is 13.8 Å². The Morgan fingerprint density at radius 2 is 2.00 bits per heavy atom. The summed E-state index contributed by atoms with van der Waals surface area (Å²) in [6.45, 7) is 3.12. The maximum absolute atomic E-state index is 10.1. The van der Waals surface area contributed by atoms with Gasteiger partial charge in [0.2, 0.25) is 0 Å². The van der Waals surface area contributed by atoms with E-state index < -0.39 is 29.9 Å². The van der Waals surface area contributed by atoms with E-state index in [0.717, 1.165) is 0 Å². The molecule has 0 aromatic rings. The molecule has 2 fully saturated rings. The van der Waals surface area contributed by atoms with Crippen LogP contribution in [0.25, 0.3) is 0 Å². The molecule has 0 bridgehead atoms. The normalized spacial score (nSPS) is 45.3. The zero-order valence-corrected chi connectivity index (χ0v) is 9.34. The first-order valence-corrected chi connectivity index (χ1v) is 5.20. The fourth-order valence-electron chi connectivity index (χ4n) is 2.17. The molecule has 5 nitrogen and oxygen atoms in total. The van der Waals surface area contributed by atoms with Crippen LogP contribution in [-0.4, -0.2) is 46.7 Å². The van der Waals surface area contributed by atoms with Crippen molar-refractivity contribution in [1.82, 2.24) is 0 Å². The first-order chi connectivity index (χ1) is 7.44. The molecule has 2 rings (SSSR count). The van der Waals surface area contributed by atoms with Crippen LogP contribution in [-0.2, 0) is 14.2 Å². The van der Waals surface area contributed by atoms with E-state index in [1.807, 2.05) is 0 Å². The van der Waals surface area contributed by atoms with Gasteiger partial charge in [-0.25, -0.2) is 0 Å². The van der Waals surface area contributed by atoms with Crippen molar-refractivity contribution in [3.63, 3.8) is 0 Å². The summed E-state index contributed by atoms with van der Waals surface area (Å²) in [5.74, 6) is 1.60. The van der Waals surface area contributed by atoms with E-state index in [2.05, 4.69) is 5.92 Å². The number of hydrogen-bond acceptors (Lipinski definition) is 5. The summed E-state index contributed by atoms with van der Waals surface area (Å²) in [5.41, 5.74) is -1.17. The lowest BCUT2D eigenvalue weighted by Gasteiger charge is -2.31. The fourth-order valence-corrected chi connectivity index (χ4v) is 2.17. The molecule has 5 heteroatoms. The van der Waals surface area contributed by atoms with Crippen molar-refractivity contribution < 1.29 is 24.4 Å². The Morgan fingerprint density at radius 1 is 1.31 bits per heavy atom. The minimum atomic E-state index is -1.17. The summed E-state index contributed by atoms with van der Waals surface area (Å²) < 4.78 is 16.5. The molecule has 0 aromatic carbocycles. The maximum Gasteiger partial charge on any atom is 0.190 e. The van der Waals surface area contributed by atoms with Gasteiger partial charge in [0.1, 0.15) is 17.8 Å². The summed E-state index contributed by atoms with van der Waals surface area (Å²) in [6, 6.07) is 0. The van der Waals surface area contributed by atoms with E-state index in [4.69, 9.17) is 20.6 Å². The Morgan fingerprint density at radius 3 is 2.50 bits per heavy atom. The van der Waals surface area contributed by atoms with Crippen LogP contribution in [0.4, 0.5) is 0 Å². The van der Waals surface area contributed by atoms with Gasteiger partial charge in [0.05, 0.1) is 6.61 Å². The number of hydrogen-bond donors (Lipinski definition) is 2. The fraction of sp³-hybridized carbons (Fsp3) is 0.818. The lowest BCUT2D eigenvalue weighted by atomic mass is 9.93. The molecule has 0 unspecified atom stereocenters. The SMILES string of the molecule is C#CC[C@]1(CO)O[C@@H]2OC(C)(C)O[C@@H]2[C@@H]1O. The highest BCUT2D eigenvalue weighted by molar-refractivity contribution is 5.08. The molecule has 16 heavy (non-hydrogen) atoms. The average molecular weight is 228 g/mol. The molecular formula is C11H16O5. The molecule has 2 heterocycles. The molecule has 4 atom stereocenters. The number of terminal acetylenes is 1. The molecule has 90 valence electrons. The summed E-state index contributed by atoms with van der Waals surface area (Å²) in [5, 5.41) is 19.4. The van der Waals surface area contributed by atoms with Gasteiger partial charge in [-0.3, -0.25) is 0 Å². The Balaban J connectivity index is 2.18. The van der Waals surface area contributed by atoms with E-state index in [9.17, 15) is 10.2 Å². The van der Waals surface area contributed by atoms with Crippen LogP contribution in [0, 0.1) is 12.3 Å². The van der Waals surface area contributed by atoms with Gasteiger partial charge in [0.15, 0.2) is 12.1 Å². The summed E-state index contributed by atoms with van der Waals surface area (Å²) in [6.07, 6.45) is 3.05. The quantitative estimate of drug-likeness (QED) is 0.630. The zero-order valence-electron chi connectivity index (χ0n) is 9.34. The molecule has 2 saturated heterocycles. The number of aliphatic hydroxyl groups is 2. The van der Waals surface area contributed by atoms with E-state index in [1.165, 1.54) is 0 Å². The largest absolute Gasteiger partial charge is 0.393 e. The zero-order chi connectivity index (χ0) is 12.0. The first-order valence-electron chi connectivity index (χ1n) is 5.20. The molecule has 2 aliphatic rings. The van der Waals surface area contributed by atoms with Crippen molar-refractivity contribution in [3.05, 3.63) is 0 Å². The third kappa shape index (κ3) is 1.63. The Bertz CT molecular complexity index is 321. The van der Waals surface area contributed by atoms with E-state index in [1.54, 1.807) is 13.8 Å². The smallest absolute Gasteiger partial charge is 0.190 e.